The van der Waals surface area contributed by atoms with Gasteiger partial charge in [0.1, 0.15) is 0 Å². The van der Waals surface area contributed by atoms with Gasteiger partial charge >= 0.3 is 0 Å². The monoisotopic (exact) mass is 829 g/mol. The summed E-state index contributed by atoms with van der Waals surface area (Å²) in [5.41, 5.74) is 13.3. The topological polar surface area (TPSA) is 3.24 Å². The molecule has 0 fully saturated rings. The lowest BCUT2D eigenvalue weighted by molar-refractivity contribution is 1.30. The summed E-state index contributed by atoms with van der Waals surface area (Å²) in [7, 11) is -2.60. The van der Waals surface area contributed by atoms with Gasteiger partial charge in [0, 0.05) is 16.8 Å². The van der Waals surface area contributed by atoms with Crippen LogP contribution in [0.5, 0.6) is 0 Å². The van der Waals surface area contributed by atoms with Crippen LogP contribution in [0.25, 0.3) is 66.1 Å². The Morgan fingerprint density at radius 2 is 0.719 bits per heavy atom. The molecule has 0 N–H and O–H groups in total. The van der Waals surface area contributed by atoms with E-state index in [2.05, 4.69) is 266 Å². The largest absolute Gasteiger partial charge is 0.310 e. The zero-order chi connectivity index (χ0) is 42.5. The van der Waals surface area contributed by atoms with E-state index < -0.39 is 8.07 Å². The number of anilines is 3. The average Bonchev–Trinajstić information content (AvgIpc) is 3.68. The van der Waals surface area contributed by atoms with Crippen LogP contribution in [0.1, 0.15) is 0 Å². The van der Waals surface area contributed by atoms with E-state index in [0.717, 1.165) is 17.1 Å². The molecule has 0 aromatic heterocycles. The molecule has 64 heavy (non-hydrogen) atoms. The third-order valence-corrected chi connectivity index (χ3v) is 18.2. The quantitative estimate of drug-likeness (QED) is 0.109. The second-order valence-electron chi connectivity index (χ2n) is 16.8. The SMILES string of the molecule is c1ccc(-c2ccc(N(c3ccc(-c4cccc(-c5ccc6c(c5)[Si](c5ccccc5)(c5ccccc5)c5ccccc5-6)c4)cc3)c3cc4ccccc4c4ccccc34)cc2)cc1. The molecular weight excluding hydrogens is 787 g/mol. The van der Waals surface area contributed by atoms with Crippen molar-refractivity contribution in [1.82, 2.24) is 0 Å². The molecule has 11 aromatic carbocycles. The van der Waals surface area contributed by atoms with Crippen LogP contribution in [0.2, 0.25) is 0 Å². The van der Waals surface area contributed by atoms with Crippen LogP contribution in [0, 0.1) is 0 Å². The van der Waals surface area contributed by atoms with Gasteiger partial charge in [-0.1, -0.05) is 224 Å². The molecule has 0 radical (unpaired) electrons. The van der Waals surface area contributed by atoms with Crippen molar-refractivity contribution in [3.63, 3.8) is 0 Å². The van der Waals surface area contributed by atoms with Crippen LogP contribution in [0.4, 0.5) is 17.1 Å². The molecule has 11 aromatic rings. The van der Waals surface area contributed by atoms with E-state index in [1.54, 1.807) is 0 Å². The molecule has 0 amide bonds. The number of rotatable bonds is 8. The summed E-state index contributed by atoms with van der Waals surface area (Å²) in [5.74, 6) is 0. The first-order valence-electron chi connectivity index (χ1n) is 22.2. The molecule has 0 saturated carbocycles. The Balaban J connectivity index is 0.955. The first-order valence-corrected chi connectivity index (χ1v) is 24.2. The number of hydrogen-bond donors (Lipinski definition) is 0. The Kier molecular flexibility index (Phi) is 9.25. The zero-order valence-corrected chi connectivity index (χ0v) is 36.3. The molecule has 2 heteroatoms. The van der Waals surface area contributed by atoms with E-state index in [1.807, 2.05) is 0 Å². The van der Waals surface area contributed by atoms with E-state index in [1.165, 1.54) is 86.8 Å². The van der Waals surface area contributed by atoms with Gasteiger partial charge in [0.05, 0.1) is 5.69 Å². The highest BCUT2D eigenvalue weighted by molar-refractivity contribution is 7.22. The van der Waals surface area contributed by atoms with Crippen LogP contribution in [0.3, 0.4) is 0 Å². The average molecular weight is 830 g/mol. The lowest BCUT2D eigenvalue weighted by Gasteiger charge is -2.31. The van der Waals surface area contributed by atoms with Crippen LogP contribution < -0.4 is 25.6 Å². The van der Waals surface area contributed by atoms with Crippen molar-refractivity contribution < 1.29 is 0 Å². The minimum absolute atomic E-state index is 1.11. The van der Waals surface area contributed by atoms with Crippen molar-refractivity contribution in [1.29, 1.82) is 0 Å². The maximum absolute atomic E-state index is 2.60. The van der Waals surface area contributed by atoms with E-state index in [4.69, 9.17) is 0 Å². The number of benzene rings is 11. The molecule has 0 atom stereocenters. The first-order chi connectivity index (χ1) is 31.7. The van der Waals surface area contributed by atoms with Gasteiger partial charge < -0.3 is 4.90 Å². The van der Waals surface area contributed by atoms with Gasteiger partial charge in [-0.3, -0.25) is 0 Å². The molecule has 1 aliphatic heterocycles. The summed E-state index contributed by atoms with van der Waals surface area (Å²) in [6.45, 7) is 0. The summed E-state index contributed by atoms with van der Waals surface area (Å²) >= 11 is 0. The molecule has 300 valence electrons. The molecule has 0 bridgehead atoms. The van der Waals surface area contributed by atoms with Gasteiger partial charge in [0.15, 0.2) is 8.07 Å². The van der Waals surface area contributed by atoms with Gasteiger partial charge in [-0.05, 0) is 118 Å². The highest BCUT2D eigenvalue weighted by Crippen LogP contribution is 2.43. The highest BCUT2D eigenvalue weighted by Gasteiger charge is 2.48. The Labute approximate surface area is 375 Å². The van der Waals surface area contributed by atoms with Crippen molar-refractivity contribution in [3.05, 3.63) is 261 Å². The standard InChI is InChI=1S/C62H43NSi/c1-4-17-44(18-5-1)45-31-36-51(37-32-45)63(60-42-50-19-10-11-26-55(50)56-27-12-13-28-57(56)60)52-38-33-46(34-39-52)47-20-16-21-48(41-47)49-35-40-59-58-29-14-15-30-61(58)64(62(59)43-49,53-22-6-2-7-23-53)54-24-8-3-9-25-54/h1-43H. The van der Waals surface area contributed by atoms with Crippen molar-refractivity contribution in [3.8, 4) is 44.5 Å². The number of nitrogens with zero attached hydrogens (tertiary/aromatic N) is 1. The lowest BCUT2D eigenvalue weighted by atomic mass is 9.96. The van der Waals surface area contributed by atoms with E-state index in [0.29, 0.717) is 0 Å². The fraction of sp³-hybridized carbons (Fsp3) is 0. The molecule has 0 unspecified atom stereocenters. The van der Waals surface area contributed by atoms with Gasteiger partial charge in [-0.25, -0.2) is 0 Å². The third-order valence-electron chi connectivity index (χ3n) is 13.3. The molecule has 1 nitrogen and oxygen atoms in total. The molecule has 0 spiro atoms. The number of fused-ring (bicyclic) bond motifs is 6. The zero-order valence-electron chi connectivity index (χ0n) is 35.3. The Morgan fingerprint density at radius 3 is 1.39 bits per heavy atom. The Hall–Kier alpha value is -8.04. The van der Waals surface area contributed by atoms with Crippen molar-refractivity contribution >= 4 is 67.4 Å². The molecule has 12 rings (SSSR count). The Bertz CT molecular complexity index is 3430. The maximum atomic E-state index is 2.51. The maximum Gasteiger partial charge on any atom is 0.180 e. The number of hydrogen-bond acceptors (Lipinski definition) is 1. The molecule has 0 saturated heterocycles. The normalized spacial score (nSPS) is 12.5. The van der Waals surface area contributed by atoms with Crippen LogP contribution >= 0.6 is 0 Å². The predicted molar refractivity (Wildman–Crippen MR) is 275 cm³/mol. The third kappa shape index (κ3) is 6.22. The van der Waals surface area contributed by atoms with Crippen molar-refractivity contribution in [2.24, 2.45) is 0 Å². The van der Waals surface area contributed by atoms with E-state index in [-0.39, 0.29) is 0 Å². The summed E-state index contributed by atoms with van der Waals surface area (Å²) in [4.78, 5) is 2.42. The summed E-state index contributed by atoms with van der Waals surface area (Å²) < 4.78 is 0. The smallest absolute Gasteiger partial charge is 0.180 e. The fourth-order valence-corrected chi connectivity index (χ4v) is 15.6. The highest BCUT2D eigenvalue weighted by atomic mass is 28.3. The summed E-state index contributed by atoms with van der Waals surface area (Å²) in [6, 6.07) is 96.5. The van der Waals surface area contributed by atoms with Crippen molar-refractivity contribution in [2.75, 3.05) is 4.90 Å². The summed E-state index contributed by atoms with van der Waals surface area (Å²) in [5, 5.41) is 10.7. The molecule has 1 heterocycles. The van der Waals surface area contributed by atoms with Crippen molar-refractivity contribution in [2.45, 2.75) is 0 Å². The first kappa shape index (κ1) is 37.7. The lowest BCUT2D eigenvalue weighted by Crippen LogP contribution is -2.72. The van der Waals surface area contributed by atoms with Gasteiger partial charge in [0.25, 0.3) is 0 Å². The van der Waals surface area contributed by atoms with E-state index in [9.17, 15) is 0 Å². The fourth-order valence-electron chi connectivity index (χ4n) is 10.4. The van der Waals surface area contributed by atoms with Crippen LogP contribution in [-0.2, 0) is 0 Å². The Morgan fingerprint density at radius 1 is 0.266 bits per heavy atom. The van der Waals surface area contributed by atoms with Gasteiger partial charge in [-0.15, -0.1) is 0 Å². The van der Waals surface area contributed by atoms with Crippen LogP contribution in [-0.4, -0.2) is 8.07 Å². The molecular formula is C62H43NSi. The predicted octanol–water partition coefficient (Wildman–Crippen LogP) is 13.8. The van der Waals surface area contributed by atoms with E-state index >= 15 is 0 Å². The van der Waals surface area contributed by atoms with Crippen LogP contribution in [0.15, 0.2) is 261 Å². The minimum atomic E-state index is -2.60. The second kappa shape index (κ2) is 15.7. The van der Waals surface area contributed by atoms with Gasteiger partial charge in [0.2, 0.25) is 0 Å². The molecule has 0 aliphatic carbocycles. The molecule has 1 aliphatic rings. The summed E-state index contributed by atoms with van der Waals surface area (Å²) in [6.07, 6.45) is 0. The van der Waals surface area contributed by atoms with Gasteiger partial charge in [-0.2, -0.15) is 0 Å². The minimum Gasteiger partial charge on any atom is -0.310 e. The second-order valence-corrected chi connectivity index (χ2v) is 20.6.